The average Bonchev–Trinajstić information content (AvgIpc) is 2.31. The lowest BCUT2D eigenvalue weighted by Gasteiger charge is -2.35. The van der Waals surface area contributed by atoms with Crippen LogP contribution in [0.3, 0.4) is 0 Å². The first-order chi connectivity index (χ1) is 7.64. The van der Waals surface area contributed by atoms with Crippen molar-refractivity contribution in [3.8, 4) is 5.75 Å². The number of nitrogens with one attached hydrogen (secondary N) is 1. The Bertz CT molecular complexity index is 343. The van der Waals surface area contributed by atoms with E-state index in [0.29, 0.717) is 11.7 Å². The monoisotopic (exact) mass is 222 g/mol. The third-order valence-electron chi connectivity index (χ3n) is 3.45. The number of aliphatic hydroxyl groups is 1. The summed E-state index contributed by atoms with van der Waals surface area (Å²) in [5.74, 6) is 0.135. The Morgan fingerprint density at radius 1 is 1.38 bits per heavy atom. The molecule has 0 bridgehead atoms. The van der Waals surface area contributed by atoms with Gasteiger partial charge in [0.15, 0.2) is 0 Å². The number of hydrogen-bond donors (Lipinski definition) is 3. The lowest BCUT2D eigenvalue weighted by molar-refractivity contribution is -0.0115. The van der Waals surface area contributed by atoms with Crippen molar-refractivity contribution in [3.05, 3.63) is 24.0 Å². The summed E-state index contributed by atoms with van der Waals surface area (Å²) in [6.07, 6.45) is 4.73. The van der Waals surface area contributed by atoms with E-state index in [2.05, 4.69) is 10.3 Å². The van der Waals surface area contributed by atoms with Crippen molar-refractivity contribution >= 4 is 0 Å². The molecule has 0 aromatic carbocycles. The van der Waals surface area contributed by atoms with Crippen LogP contribution in [0.1, 0.15) is 31.4 Å². The maximum absolute atomic E-state index is 10.5. The smallest absolute Gasteiger partial charge is 0.133 e. The lowest BCUT2D eigenvalue weighted by atomic mass is 9.80. The molecule has 0 saturated heterocycles. The molecule has 1 aliphatic rings. The second-order valence-electron chi connectivity index (χ2n) is 4.50. The summed E-state index contributed by atoms with van der Waals surface area (Å²) in [7, 11) is 1.95. The van der Waals surface area contributed by atoms with Crippen LogP contribution in [0, 0.1) is 0 Å². The quantitative estimate of drug-likeness (QED) is 0.702. The van der Waals surface area contributed by atoms with Crippen LogP contribution in [-0.4, -0.2) is 28.3 Å². The van der Waals surface area contributed by atoms with Crippen LogP contribution in [0.25, 0.3) is 0 Å². The first-order valence-corrected chi connectivity index (χ1v) is 5.69. The average molecular weight is 222 g/mol. The van der Waals surface area contributed by atoms with E-state index in [0.717, 1.165) is 25.7 Å². The molecule has 3 N–H and O–H groups in total. The van der Waals surface area contributed by atoms with Crippen LogP contribution in [0.5, 0.6) is 5.75 Å². The number of rotatable bonds is 2. The summed E-state index contributed by atoms with van der Waals surface area (Å²) in [6, 6.07) is 3.77. The Balaban J connectivity index is 2.11. The first kappa shape index (κ1) is 11.4. The van der Waals surface area contributed by atoms with Gasteiger partial charge in [-0.15, -0.1) is 0 Å². The zero-order valence-electron chi connectivity index (χ0n) is 9.48. The highest BCUT2D eigenvalue weighted by atomic mass is 16.3. The van der Waals surface area contributed by atoms with Crippen molar-refractivity contribution in [1.82, 2.24) is 10.3 Å². The molecule has 1 aromatic heterocycles. The number of hydrogen-bond acceptors (Lipinski definition) is 4. The van der Waals surface area contributed by atoms with Gasteiger partial charge in [0, 0.05) is 6.04 Å². The lowest BCUT2D eigenvalue weighted by Crippen LogP contribution is -2.38. The minimum Gasteiger partial charge on any atom is -0.506 e. The zero-order chi connectivity index (χ0) is 11.6. The van der Waals surface area contributed by atoms with Gasteiger partial charge in [-0.05, 0) is 44.9 Å². The molecular weight excluding hydrogens is 204 g/mol. The Morgan fingerprint density at radius 2 is 2.06 bits per heavy atom. The molecule has 0 spiro atoms. The Labute approximate surface area is 95.3 Å². The van der Waals surface area contributed by atoms with Crippen LogP contribution < -0.4 is 5.32 Å². The van der Waals surface area contributed by atoms with Gasteiger partial charge in [-0.25, -0.2) is 0 Å². The second kappa shape index (κ2) is 4.39. The fraction of sp³-hybridized carbons (Fsp3) is 0.583. The molecule has 4 heteroatoms. The molecule has 4 nitrogen and oxygen atoms in total. The summed E-state index contributed by atoms with van der Waals surface area (Å²) in [4.78, 5) is 4.10. The minimum atomic E-state index is -0.818. The molecule has 1 aliphatic carbocycles. The number of pyridine rings is 1. The number of nitrogens with zero attached hydrogens (tertiary/aromatic N) is 1. The van der Waals surface area contributed by atoms with Crippen LogP contribution >= 0.6 is 0 Å². The van der Waals surface area contributed by atoms with Gasteiger partial charge in [0.2, 0.25) is 0 Å². The highest BCUT2D eigenvalue weighted by molar-refractivity contribution is 5.22. The van der Waals surface area contributed by atoms with E-state index in [1.807, 2.05) is 7.05 Å². The molecule has 0 unspecified atom stereocenters. The maximum Gasteiger partial charge on any atom is 0.133 e. The van der Waals surface area contributed by atoms with Gasteiger partial charge >= 0.3 is 0 Å². The second-order valence-corrected chi connectivity index (χ2v) is 4.50. The van der Waals surface area contributed by atoms with E-state index in [1.54, 1.807) is 12.1 Å². The van der Waals surface area contributed by atoms with E-state index in [1.165, 1.54) is 6.20 Å². The summed E-state index contributed by atoms with van der Waals surface area (Å²) >= 11 is 0. The maximum atomic E-state index is 10.5. The van der Waals surface area contributed by atoms with Gasteiger partial charge in [0.05, 0.1) is 11.9 Å². The van der Waals surface area contributed by atoms with Gasteiger partial charge in [0.25, 0.3) is 0 Å². The van der Waals surface area contributed by atoms with Crippen molar-refractivity contribution in [2.75, 3.05) is 7.05 Å². The van der Waals surface area contributed by atoms with E-state index in [4.69, 9.17) is 5.11 Å². The standard InChI is InChI=1S/C12H18N2O2/c1-13-9-4-6-12(16,7-5-9)11-3-2-10(15)8-14-11/h2-3,8-9,13,15-16H,4-7H2,1H3/t9-,12-. The number of aromatic nitrogens is 1. The van der Waals surface area contributed by atoms with Gasteiger partial charge < -0.3 is 15.5 Å². The topological polar surface area (TPSA) is 65.4 Å². The summed E-state index contributed by atoms with van der Waals surface area (Å²) in [5, 5.41) is 22.9. The van der Waals surface area contributed by atoms with Gasteiger partial charge in [-0.3, -0.25) is 4.98 Å². The molecule has 0 aliphatic heterocycles. The normalized spacial score (nSPS) is 30.2. The Kier molecular flexibility index (Phi) is 3.12. The molecular formula is C12H18N2O2. The molecule has 1 fully saturated rings. The van der Waals surface area contributed by atoms with Crippen LogP contribution in [-0.2, 0) is 5.60 Å². The predicted molar refractivity (Wildman–Crippen MR) is 61.1 cm³/mol. The molecule has 1 heterocycles. The largest absolute Gasteiger partial charge is 0.506 e. The van der Waals surface area contributed by atoms with E-state index >= 15 is 0 Å². The minimum absolute atomic E-state index is 0.135. The SMILES string of the molecule is CN[C@H]1CC[C@@](O)(c2ccc(O)cn2)CC1. The summed E-state index contributed by atoms with van der Waals surface area (Å²) in [6.45, 7) is 0. The highest BCUT2D eigenvalue weighted by Gasteiger charge is 2.35. The number of aromatic hydroxyl groups is 1. The zero-order valence-corrected chi connectivity index (χ0v) is 9.48. The molecule has 1 saturated carbocycles. The molecule has 0 amide bonds. The van der Waals surface area contributed by atoms with E-state index < -0.39 is 5.60 Å². The van der Waals surface area contributed by atoms with Gasteiger partial charge in [0.1, 0.15) is 11.4 Å². The third-order valence-corrected chi connectivity index (χ3v) is 3.45. The highest BCUT2D eigenvalue weighted by Crippen LogP contribution is 2.36. The molecule has 0 atom stereocenters. The van der Waals surface area contributed by atoms with Gasteiger partial charge in [-0.2, -0.15) is 0 Å². The third kappa shape index (κ3) is 2.18. The van der Waals surface area contributed by atoms with E-state index in [9.17, 15) is 5.11 Å². The van der Waals surface area contributed by atoms with Crippen LogP contribution in [0.15, 0.2) is 18.3 Å². The fourth-order valence-corrected chi connectivity index (χ4v) is 2.30. The van der Waals surface area contributed by atoms with Crippen molar-refractivity contribution in [2.45, 2.75) is 37.3 Å². The van der Waals surface area contributed by atoms with Crippen molar-refractivity contribution in [1.29, 1.82) is 0 Å². The van der Waals surface area contributed by atoms with Crippen molar-refractivity contribution in [2.24, 2.45) is 0 Å². The van der Waals surface area contributed by atoms with Crippen molar-refractivity contribution < 1.29 is 10.2 Å². The molecule has 2 rings (SSSR count). The van der Waals surface area contributed by atoms with Crippen LogP contribution in [0.2, 0.25) is 0 Å². The summed E-state index contributed by atoms with van der Waals surface area (Å²) < 4.78 is 0. The van der Waals surface area contributed by atoms with E-state index in [-0.39, 0.29) is 5.75 Å². The Hall–Kier alpha value is -1.13. The first-order valence-electron chi connectivity index (χ1n) is 5.69. The molecule has 16 heavy (non-hydrogen) atoms. The van der Waals surface area contributed by atoms with Gasteiger partial charge in [-0.1, -0.05) is 0 Å². The molecule has 88 valence electrons. The van der Waals surface area contributed by atoms with Crippen LogP contribution in [0.4, 0.5) is 0 Å². The Morgan fingerprint density at radius 3 is 2.56 bits per heavy atom. The molecule has 0 radical (unpaired) electrons. The summed E-state index contributed by atoms with van der Waals surface area (Å²) in [5.41, 5.74) is -0.152. The predicted octanol–water partition coefficient (Wildman–Crippen LogP) is 1.14. The van der Waals surface area contributed by atoms with Crippen molar-refractivity contribution in [3.63, 3.8) is 0 Å². The fourth-order valence-electron chi connectivity index (χ4n) is 2.30. The molecule has 1 aromatic rings.